The molecule has 0 amide bonds. The molecule has 2 N–H and O–H groups in total. The number of nitrogens with two attached hydrogens (primary N) is 1. The summed E-state index contributed by atoms with van der Waals surface area (Å²) in [4.78, 5) is 48.4. The Morgan fingerprint density at radius 1 is 0.886 bits per heavy atom. The van der Waals surface area contributed by atoms with Gasteiger partial charge < -0.3 is 24.7 Å². The molecule has 3 atom stereocenters. The topological polar surface area (TPSA) is 131 Å². The molecule has 0 saturated heterocycles. The molecule has 9 nitrogen and oxygen atoms in total. The van der Waals surface area contributed by atoms with Crippen LogP contribution in [0.2, 0.25) is 0 Å². The lowest BCUT2D eigenvalue weighted by molar-refractivity contribution is -0.169. The summed E-state index contributed by atoms with van der Waals surface area (Å²) >= 11 is 0. The van der Waals surface area contributed by atoms with Crippen LogP contribution in [-0.4, -0.2) is 42.1 Å². The van der Waals surface area contributed by atoms with Crippen molar-refractivity contribution in [1.29, 1.82) is 0 Å². The first-order valence-corrected chi connectivity index (χ1v) is 12.3. The molecule has 0 heterocycles. The summed E-state index contributed by atoms with van der Waals surface area (Å²) in [6.07, 6.45) is 3.97. The molecule has 9 heteroatoms. The third-order valence-electron chi connectivity index (χ3n) is 6.00. The highest BCUT2D eigenvalue weighted by molar-refractivity contribution is 5.77. The second-order valence-electron chi connectivity index (χ2n) is 8.87. The van der Waals surface area contributed by atoms with Gasteiger partial charge in [-0.15, -0.1) is 0 Å². The van der Waals surface area contributed by atoms with Crippen LogP contribution in [0.1, 0.15) is 78.2 Å². The monoisotopic (exact) mass is 491 g/mol. The van der Waals surface area contributed by atoms with Gasteiger partial charge in [-0.25, -0.2) is 0 Å². The summed E-state index contributed by atoms with van der Waals surface area (Å²) in [5, 5.41) is 0. The van der Waals surface area contributed by atoms with Gasteiger partial charge in [0.2, 0.25) is 0 Å². The minimum atomic E-state index is -1.00. The van der Waals surface area contributed by atoms with Crippen molar-refractivity contribution in [3.63, 3.8) is 0 Å². The van der Waals surface area contributed by atoms with E-state index in [0.717, 1.165) is 32.1 Å². The molecule has 1 fully saturated rings. The Morgan fingerprint density at radius 3 is 2.06 bits per heavy atom. The average Bonchev–Trinajstić information content (AvgIpc) is 2.85. The van der Waals surface area contributed by atoms with Gasteiger partial charge in [0.1, 0.15) is 18.2 Å². The first-order valence-electron chi connectivity index (χ1n) is 12.3. The van der Waals surface area contributed by atoms with E-state index in [2.05, 4.69) is 0 Å². The Labute approximate surface area is 206 Å². The standard InChI is InChI=1S/C26H37NO8/c1-5-23(28)34-21-13-12-18(15-22(21)35-24(29)6-2)14-20(27)26(31)33-17(4)16(3)32-25(30)19-10-8-7-9-11-19/h12-13,15-17,19-20H,5-11,14,27H2,1-4H3/t16?,17-,20-/m0/s1. The number of benzene rings is 1. The van der Waals surface area contributed by atoms with Crippen molar-refractivity contribution in [3.05, 3.63) is 23.8 Å². The van der Waals surface area contributed by atoms with E-state index >= 15 is 0 Å². The highest BCUT2D eigenvalue weighted by Crippen LogP contribution is 2.30. The fraction of sp³-hybridized carbons (Fsp3) is 0.615. The molecule has 1 aromatic rings. The van der Waals surface area contributed by atoms with Gasteiger partial charge in [0.25, 0.3) is 0 Å². The van der Waals surface area contributed by atoms with Crippen LogP contribution in [0.4, 0.5) is 0 Å². The first kappa shape index (κ1) is 28.3. The molecule has 2 rings (SSSR count). The largest absolute Gasteiger partial charge is 0.459 e. The highest BCUT2D eigenvalue weighted by Gasteiger charge is 2.28. The fourth-order valence-corrected chi connectivity index (χ4v) is 3.65. The Hall–Kier alpha value is -2.94. The number of rotatable bonds is 11. The zero-order chi connectivity index (χ0) is 26.0. The van der Waals surface area contributed by atoms with Crippen LogP contribution >= 0.6 is 0 Å². The summed E-state index contributed by atoms with van der Waals surface area (Å²) < 4.78 is 21.5. The Balaban J connectivity index is 1.97. The minimum absolute atomic E-state index is 0.0772. The van der Waals surface area contributed by atoms with E-state index in [9.17, 15) is 19.2 Å². The Bertz CT molecular complexity index is 893. The fourth-order valence-electron chi connectivity index (χ4n) is 3.65. The predicted molar refractivity (Wildman–Crippen MR) is 128 cm³/mol. The van der Waals surface area contributed by atoms with Crippen molar-refractivity contribution in [3.8, 4) is 11.5 Å². The van der Waals surface area contributed by atoms with Crippen LogP contribution in [0.15, 0.2) is 18.2 Å². The summed E-state index contributed by atoms with van der Waals surface area (Å²) in [6, 6.07) is 3.63. The molecule has 35 heavy (non-hydrogen) atoms. The van der Waals surface area contributed by atoms with Gasteiger partial charge in [-0.3, -0.25) is 19.2 Å². The predicted octanol–water partition coefficient (Wildman–Crippen LogP) is 3.63. The smallest absolute Gasteiger partial charge is 0.323 e. The van der Waals surface area contributed by atoms with Gasteiger partial charge in [0.05, 0.1) is 5.92 Å². The number of esters is 4. The quantitative estimate of drug-likeness (QED) is 0.364. The lowest BCUT2D eigenvalue weighted by atomic mass is 9.89. The average molecular weight is 492 g/mol. The number of hydrogen-bond donors (Lipinski definition) is 1. The van der Waals surface area contributed by atoms with Crippen molar-refractivity contribution in [2.45, 2.75) is 97.3 Å². The van der Waals surface area contributed by atoms with Crippen LogP contribution in [0.5, 0.6) is 11.5 Å². The molecule has 0 bridgehead atoms. The highest BCUT2D eigenvalue weighted by atomic mass is 16.6. The van der Waals surface area contributed by atoms with Gasteiger partial charge in [-0.05, 0) is 50.8 Å². The molecule has 0 aliphatic heterocycles. The van der Waals surface area contributed by atoms with Gasteiger partial charge in [0, 0.05) is 12.8 Å². The Morgan fingerprint density at radius 2 is 1.46 bits per heavy atom. The molecule has 0 radical (unpaired) electrons. The van der Waals surface area contributed by atoms with Crippen molar-refractivity contribution in [2.24, 2.45) is 11.7 Å². The van der Waals surface area contributed by atoms with Gasteiger partial charge >= 0.3 is 23.9 Å². The van der Waals surface area contributed by atoms with E-state index < -0.39 is 36.2 Å². The molecular formula is C26H37NO8. The van der Waals surface area contributed by atoms with Gasteiger partial charge in [-0.1, -0.05) is 39.2 Å². The van der Waals surface area contributed by atoms with Crippen LogP contribution in [0, 0.1) is 5.92 Å². The van der Waals surface area contributed by atoms with Crippen molar-refractivity contribution >= 4 is 23.9 Å². The van der Waals surface area contributed by atoms with Crippen molar-refractivity contribution in [1.82, 2.24) is 0 Å². The Kier molecular flexibility index (Phi) is 11.2. The lowest BCUT2D eigenvalue weighted by Crippen LogP contribution is -2.40. The number of carbonyl (C=O) groups is 4. The SMILES string of the molecule is CCC(=O)Oc1ccc(C[C@H](N)C(=O)O[C@@H](C)C(C)OC(=O)C2CCCCC2)cc1OC(=O)CC. The number of ether oxygens (including phenoxy) is 4. The first-order chi connectivity index (χ1) is 16.6. The number of carbonyl (C=O) groups excluding carboxylic acids is 4. The normalized spacial score (nSPS) is 16.5. The molecule has 194 valence electrons. The molecule has 1 aliphatic rings. The molecule has 0 spiro atoms. The summed E-state index contributed by atoms with van der Waals surface area (Å²) in [5.74, 6) is -1.76. The molecule has 1 aromatic carbocycles. The third-order valence-corrected chi connectivity index (χ3v) is 6.00. The van der Waals surface area contributed by atoms with Crippen molar-refractivity contribution in [2.75, 3.05) is 0 Å². The number of hydrogen-bond acceptors (Lipinski definition) is 9. The maximum Gasteiger partial charge on any atom is 0.323 e. The molecule has 0 aromatic heterocycles. The van der Waals surface area contributed by atoms with Crippen LogP contribution in [0.3, 0.4) is 0 Å². The third kappa shape index (κ3) is 8.98. The maximum atomic E-state index is 12.6. The van der Waals surface area contributed by atoms with Gasteiger partial charge in [0.15, 0.2) is 11.5 Å². The summed E-state index contributed by atoms with van der Waals surface area (Å²) in [7, 11) is 0. The van der Waals surface area contributed by atoms with E-state index in [4.69, 9.17) is 24.7 Å². The molecule has 1 aliphatic carbocycles. The summed E-state index contributed by atoms with van der Waals surface area (Å²) in [5.41, 5.74) is 6.65. The maximum absolute atomic E-state index is 12.6. The molecule has 1 saturated carbocycles. The lowest BCUT2D eigenvalue weighted by Gasteiger charge is -2.26. The van der Waals surface area contributed by atoms with E-state index in [1.165, 1.54) is 12.1 Å². The second kappa shape index (κ2) is 13.8. The molecular weight excluding hydrogens is 454 g/mol. The van der Waals surface area contributed by atoms with E-state index in [-0.39, 0.29) is 42.6 Å². The van der Waals surface area contributed by atoms with Gasteiger partial charge in [-0.2, -0.15) is 0 Å². The zero-order valence-corrected chi connectivity index (χ0v) is 21.0. The van der Waals surface area contributed by atoms with E-state index in [1.807, 2.05) is 0 Å². The van der Waals surface area contributed by atoms with Crippen molar-refractivity contribution < 1.29 is 38.1 Å². The zero-order valence-electron chi connectivity index (χ0n) is 21.0. The molecule has 1 unspecified atom stereocenters. The van der Waals surface area contributed by atoms with E-state index in [1.54, 1.807) is 33.8 Å². The minimum Gasteiger partial charge on any atom is -0.459 e. The van der Waals surface area contributed by atoms with Crippen LogP contribution in [-0.2, 0) is 35.1 Å². The summed E-state index contributed by atoms with van der Waals surface area (Å²) in [6.45, 7) is 6.64. The van der Waals surface area contributed by atoms with E-state index in [0.29, 0.717) is 5.56 Å². The van der Waals surface area contributed by atoms with Crippen LogP contribution < -0.4 is 15.2 Å². The second-order valence-corrected chi connectivity index (χ2v) is 8.87. The van der Waals surface area contributed by atoms with Crippen LogP contribution in [0.25, 0.3) is 0 Å².